The van der Waals surface area contributed by atoms with Gasteiger partial charge in [-0.05, 0) is 30.3 Å². The molecule has 0 amide bonds. The van der Waals surface area contributed by atoms with Crippen molar-refractivity contribution in [1.29, 1.82) is 5.26 Å². The second kappa shape index (κ2) is 5.02. The lowest BCUT2D eigenvalue weighted by Gasteiger charge is -2.02. The highest BCUT2D eigenvalue weighted by Crippen LogP contribution is 2.31. The highest BCUT2D eigenvalue weighted by atomic mass is 35.5. The summed E-state index contributed by atoms with van der Waals surface area (Å²) >= 11 is 7.45. The maximum atomic E-state index is 8.78. The molecule has 0 atom stereocenters. The molecule has 1 aromatic heterocycles. The van der Waals surface area contributed by atoms with Crippen LogP contribution in [0.15, 0.2) is 52.5 Å². The summed E-state index contributed by atoms with van der Waals surface area (Å²) in [6, 6.07) is 13.0. The van der Waals surface area contributed by atoms with Crippen LogP contribution >= 0.6 is 23.4 Å². The van der Waals surface area contributed by atoms with E-state index in [0.717, 1.165) is 9.92 Å². The van der Waals surface area contributed by atoms with Crippen LogP contribution in [0.5, 0.6) is 0 Å². The minimum Gasteiger partial charge on any atom is -0.248 e. The van der Waals surface area contributed by atoms with Gasteiger partial charge in [0.05, 0.1) is 16.7 Å². The van der Waals surface area contributed by atoms with Crippen molar-refractivity contribution >= 4 is 23.4 Å². The summed E-state index contributed by atoms with van der Waals surface area (Å²) in [5.41, 5.74) is 0.636. The topological polar surface area (TPSA) is 36.7 Å². The first-order chi connectivity index (χ1) is 7.79. The van der Waals surface area contributed by atoms with Gasteiger partial charge in [-0.2, -0.15) is 5.26 Å². The van der Waals surface area contributed by atoms with E-state index in [1.54, 1.807) is 24.4 Å². The van der Waals surface area contributed by atoms with Crippen LogP contribution in [0.2, 0.25) is 5.02 Å². The molecule has 0 N–H and O–H groups in total. The molecular formula is C12H7ClN2S. The Morgan fingerprint density at radius 3 is 2.88 bits per heavy atom. The number of pyridine rings is 1. The zero-order valence-electron chi connectivity index (χ0n) is 8.22. The number of halogens is 1. The van der Waals surface area contributed by atoms with Gasteiger partial charge >= 0.3 is 0 Å². The van der Waals surface area contributed by atoms with Gasteiger partial charge in [0.25, 0.3) is 0 Å². The molecule has 0 saturated heterocycles. The van der Waals surface area contributed by atoms with Gasteiger partial charge in [-0.1, -0.05) is 29.4 Å². The molecule has 1 aromatic carbocycles. The number of hydrogen-bond donors (Lipinski definition) is 0. The van der Waals surface area contributed by atoms with Crippen LogP contribution in [0.25, 0.3) is 0 Å². The van der Waals surface area contributed by atoms with E-state index in [1.165, 1.54) is 11.8 Å². The molecule has 2 nitrogen and oxygen atoms in total. The third kappa shape index (κ3) is 2.54. The summed E-state index contributed by atoms with van der Waals surface area (Å²) in [5, 5.41) is 10.2. The molecule has 4 heteroatoms. The van der Waals surface area contributed by atoms with Crippen molar-refractivity contribution < 1.29 is 0 Å². The van der Waals surface area contributed by atoms with Gasteiger partial charge in [-0.3, -0.25) is 0 Å². The molecule has 0 bridgehead atoms. The molecule has 1 heterocycles. The Labute approximate surface area is 103 Å². The van der Waals surface area contributed by atoms with E-state index < -0.39 is 0 Å². The quantitative estimate of drug-likeness (QED) is 0.810. The van der Waals surface area contributed by atoms with Gasteiger partial charge in [-0.15, -0.1) is 0 Å². The van der Waals surface area contributed by atoms with Crippen molar-refractivity contribution in [2.45, 2.75) is 9.92 Å². The Morgan fingerprint density at radius 1 is 1.25 bits per heavy atom. The van der Waals surface area contributed by atoms with Crippen LogP contribution in [0.3, 0.4) is 0 Å². The molecule has 0 aliphatic rings. The average Bonchev–Trinajstić information content (AvgIpc) is 2.32. The van der Waals surface area contributed by atoms with Crippen molar-refractivity contribution in [3.63, 3.8) is 0 Å². The van der Waals surface area contributed by atoms with Gasteiger partial charge in [0.15, 0.2) is 0 Å². The molecule has 0 aliphatic heterocycles. The van der Waals surface area contributed by atoms with E-state index >= 15 is 0 Å². The predicted molar refractivity (Wildman–Crippen MR) is 64.5 cm³/mol. The van der Waals surface area contributed by atoms with Crippen molar-refractivity contribution in [1.82, 2.24) is 4.98 Å². The van der Waals surface area contributed by atoms with Crippen LogP contribution in [-0.4, -0.2) is 4.98 Å². The summed E-state index contributed by atoms with van der Waals surface area (Å²) in [7, 11) is 0. The fourth-order valence-electron chi connectivity index (χ4n) is 1.19. The first-order valence-electron chi connectivity index (χ1n) is 4.58. The monoisotopic (exact) mass is 246 g/mol. The third-order valence-electron chi connectivity index (χ3n) is 1.90. The van der Waals surface area contributed by atoms with E-state index in [-0.39, 0.29) is 0 Å². The summed E-state index contributed by atoms with van der Waals surface area (Å²) in [6.45, 7) is 0. The van der Waals surface area contributed by atoms with E-state index in [0.29, 0.717) is 10.6 Å². The van der Waals surface area contributed by atoms with E-state index in [2.05, 4.69) is 11.1 Å². The van der Waals surface area contributed by atoms with Crippen LogP contribution in [0.1, 0.15) is 5.56 Å². The molecule has 0 unspecified atom stereocenters. The SMILES string of the molecule is N#Cc1cccc(Sc2ncccc2Cl)c1. The Morgan fingerprint density at radius 2 is 2.12 bits per heavy atom. The Bertz CT molecular complexity index is 549. The van der Waals surface area contributed by atoms with Crippen molar-refractivity contribution in [2.24, 2.45) is 0 Å². The smallest absolute Gasteiger partial charge is 0.119 e. The fraction of sp³-hybridized carbons (Fsp3) is 0. The normalized spacial score (nSPS) is 9.75. The zero-order chi connectivity index (χ0) is 11.4. The summed E-state index contributed by atoms with van der Waals surface area (Å²) < 4.78 is 0. The number of nitrogens with zero attached hydrogens (tertiary/aromatic N) is 2. The van der Waals surface area contributed by atoms with Crippen molar-refractivity contribution in [3.05, 3.63) is 53.2 Å². The minimum atomic E-state index is 0.620. The first kappa shape index (κ1) is 11.0. The lowest BCUT2D eigenvalue weighted by Crippen LogP contribution is -1.81. The van der Waals surface area contributed by atoms with Crippen molar-refractivity contribution in [2.75, 3.05) is 0 Å². The third-order valence-corrected chi connectivity index (χ3v) is 3.33. The number of hydrogen-bond acceptors (Lipinski definition) is 3. The number of nitriles is 1. The van der Waals surface area contributed by atoms with E-state index in [1.807, 2.05) is 18.2 Å². The first-order valence-corrected chi connectivity index (χ1v) is 5.77. The molecule has 0 spiro atoms. The molecule has 16 heavy (non-hydrogen) atoms. The molecular weight excluding hydrogens is 240 g/mol. The number of benzene rings is 1. The lowest BCUT2D eigenvalue weighted by molar-refractivity contribution is 1.13. The Balaban J connectivity index is 2.28. The number of aromatic nitrogens is 1. The number of rotatable bonds is 2. The van der Waals surface area contributed by atoms with Crippen LogP contribution in [0, 0.1) is 11.3 Å². The van der Waals surface area contributed by atoms with Crippen LogP contribution < -0.4 is 0 Å². The lowest BCUT2D eigenvalue weighted by atomic mass is 10.2. The summed E-state index contributed by atoms with van der Waals surface area (Å²) in [4.78, 5) is 5.14. The van der Waals surface area contributed by atoms with Gasteiger partial charge in [0.1, 0.15) is 5.03 Å². The van der Waals surface area contributed by atoms with Crippen LogP contribution in [-0.2, 0) is 0 Å². The van der Waals surface area contributed by atoms with Gasteiger partial charge in [-0.25, -0.2) is 4.98 Å². The summed E-state index contributed by atoms with van der Waals surface area (Å²) in [6.07, 6.45) is 1.70. The molecule has 0 radical (unpaired) electrons. The Hall–Kier alpha value is -1.50. The fourth-order valence-corrected chi connectivity index (χ4v) is 2.26. The van der Waals surface area contributed by atoms with Gasteiger partial charge in [0.2, 0.25) is 0 Å². The van der Waals surface area contributed by atoms with E-state index in [4.69, 9.17) is 16.9 Å². The standard InChI is InChI=1S/C12H7ClN2S/c13-11-5-2-6-15-12(11)16-10-4-1-3-9(7-10)8-14/h1-7H. The highest BCUT2D eigenvalue weighted by Gasteiger charge is 2.03. The largest absolute Gasteiger partial charge is 0.248 e. The molecule has 78 valence electrons. The Kier molecular flexibility index (Phi) is 3.45. The minimum absolute atomic E-state index is 0.620. The molecule has 0 fully saturated rings. The maximum Gasteiger partial charge on any atom is 0.119 e. The maximum absolute atomic E-state index is 8.78. The van der Waals surface area contributed by atoms with Crippen molar-refractivity contribution in [3.8, 4) is 6.07 Å². The second-order valence-electron chi connectivity index (χ2n) is 3.03. The van der Waals surface area contributed by atoms with E-state index in [9.17, 15) is 0 Å². The highest BCUT2D eigenvalue weighted by molar-refractivity contribution is 7.99. The van der Waals surface area contributed by atoms with Crippen LogP contribution in [0.4, 0.5) is 0 Å². The molecule has 0 saturated carbocycles. The predicted octanol–water partition coefficient (Wildman–Crippen LogP) is 3.76. The summed E-state index contributed by atoms with van der Waals surface area (Å²) in [5.74, 6) is 0. The van der Waals surface area contributed by atoms with Gasteiger partial charge < -0.3 is 0 Å². The molecule has 2 rings (SSSR count). The molecule has 0 aliphatic carbocycles. The van der Waals surface area contributed by atoms with Gasteiger partial charge in [0, 0.05) is 11.1 Å². The zero-order valence-corrected chi connectivity index (χ0v) is 9.79. The average molecular weight is 247 g/mol. The second-order valence-corrected chi connectivity index (χ2v) is 4.50. The molecule has 2 aromatic rings.